The van der Waals surface area contributed by atoms with Crippen LogP contribution < -0.4 is 10.1 Å². The second kappa shape index (κ2) is 6.93. The van der Waals surface area contributed by atoms with E-state index in [0.717, 1.165) is 0 Å². The van der Waals surface area contributed by atoms with Gasteiger partial charge in [0.1, 0.15) is 11.5 Å². The quantitative estimate of drug-likeness (QED) is 0.471. The van der Waals surface area contributed by atoms with Gasteiger partial charge in [-0.15, -0.1) is 0 Å². The molecule has 0 spiro atoms. The van der Waals surface area contributed by atoms with E-state index < -0.39 is 33.2 Å². The standard InChI is InChI=1S/C17H13Cl2F5N2O2S/c1-17(9-25,10-28-15-13(18)3-2-4-14(15)19)26-16(27)11-5-7-12(8-6-11)29(20,21,22,23)24/h2-8H,10H2,1H3,(H,26,27). The zero-order chi connectivity index (χ0) is 22.2. The molecule has 0 fully saturated rings. The van der Waals surface area contributed by atoms with E-state index in [9.17, 15) is 29.5 Å². The molecule has 0 heterocycles. The van der Waals surface area contributed by atoms with Crippen LogP contribution in [0.3, 0.4) is 0 Å². The van der Waals surface area contributed by atoms with Gasteiger partial charge in [-0.3, -0.25) is 4.79 Å². The molecule has 0 bridgehead atoms. The van der Waals surface area contributed by atoms with Crippen LogP contribution in [-0.2, 0) is 0 Å². The summed E-state index contributed by atoms with van der Waals surface area (Å²) in [6.07, 6.45) is 0. The molecule has 0 saturated carbocycles. The lowest BCUT2D eigenvalue weighted by atomic mass is 10.1. The van der Waals surface area contributed by atoms with Crippen molar-refractivity contribution in [3.63, 3.8) is 0 Å². The van der Waals surface area contributed by atoms with Crippen LogP contribution in [0.1, 0.15) is 17.3 Å². The van der Waals surface area contributed by atoms with Crippen molar-refractivity contribution in [1.82, 2.24) is 5.32 Å². The Balaban J connectivity index is 2.16. The summed E-state index contributed by atoms with van der Waals surface area (Å²) in [5, 5.41) is 12.0. The van der Waals surface area contributed by atoms with Crippen molar-refractivity contribution in [2.75, 3.05) is 6.61 Å². The largest absolute Gasteiger partial charge is 0.487 e. The van der Waals surface area contributed by atoms with Crippen molar-refractivity contribution in [3.8, 4) is 11.8 Å². The summed E-state index contributed by atoms with van der Waals surface area (Å²) in [6, 6.07) is 7.75. The van der Waals surface area contributed by atoms with Crippen molar-refractivity contribution in [3.05, 3.63) is 58.1 Å². The maximum absolute atomic E-state index is 12.8. The molecule has 2 aromatic rings. The van der Waals surface area contributed by atoms with E-state index in [1.807, 2.05) is 0 Å². The molecule has 0 radical (unpaired) electrons. The van der Waals surface area contributed by atoms with E-state index in [0.29, 0.717) is 12.1 Å². The van der Waals surface area contributed by atoms with Gasteiger partial charge in [0.2, 0.25) is 0 Å². The Hall–Kier alpha value is -2.22. The lowest BCUT2D eigenvalue weighted by Gasteiger charge is -2.40. The Labute approximate surface area is 172 Å². The molecule has 1 N–H and O–H groups in total. The van der Waals surface area contributed by atoms with Gasteiger partial charge in [-0.2, -0.15) is 5.26 Å². The van der Waals surface area contributed by atoms with E-state index in [4.69, 9.17) is 27.9 Å². The van der Waals surface area contributed by atoms with Gasteiger partial charge in [0.15, 0.2) is 11.3 Å². The number of nitrogens with zero attached hydrogens (tertiary/aromatic N) is 1. The molecule has 1 amide bonds. The summed E-state index contributed by atoms with van der Waals surface area (Å²) >= 11 is 11.9. The highest BCUT2D eigenvalue weighted by Crippen LogP contribution is 3.02. The Morgan fingerprint density at radius 2 is 1.62 bits per heavy atom. The number of carbonyl (C=O) groups excluding carboxylic acids is 1. The number of hydrogen-bond acceptors (Lipinski definition) is 3. The van der Waals surface area contributed by atoms with E-state index in [-0.39, 0.29) is 33.5 Å². The molecular formula is C17H13Cl2F5N2O2S. The van der Waals surface area contributed by atoms with Crippen LogP contribution in [0, 0.1) is 11.3 Å². The lowest BCUT2D eigenvalue weighted by molar-refractivity contribution is 0.0901. The van der Waals surface area contributed by atoms with Crippen LogP contribution in [0.25, 0.3) is 0 Å². The monoisotopic (exact) mass is 474 g/mol. The maximum Gasteiger partial charge on any atom is 0.310 e. The fourth-order valence-electron chi connectivity index (χ4n) is 2.12. The third kappa shape index (κ3) is 5.88. The molecule has 2 rings (SSSR count). The molecule has 29 heavy (non-hydrogen) atoms. The number of rotatable bonds is 6. The van der Waals surface area contributed by atoms with Crippen LogP contribution in [-0.4, -0.2) is 18.1 Å². The highest BCUT2D eigenvalue weighted by molar-refractivity contribution is 8.45. The minimum Gasteiger partial charge on any atom is -0.487 e. The predicted molar refractivity (Wildman–Crippen MR) is 101 cm³/mol. The van der Waals surface area contributed by atoms with E-state index in [1.54, 1.807) is 12.1 Å². The Morgan fingerprint density at radius 1 is 1.10 bits per heavy atom. The number of nitriles is 1. The number of carbonyl (C=O) groups is 1. The highest BCUT2D eigenvalue weighted by Gasteiger charge is 2.65. The Morgan fingerprint density at radius 3 is 2.07 bits per heavy atom. The molecule has 0 aromatic heterocycles. The van der Waals surface area contributed by atoms with Crippen molar-refractivity contribution in [2.24, 2.45) is 0 Å². The molecule has 0 aliphatic heterocycles. The number of benzene rings is 2. The first-order chi connectivity index (χ1) is 13.0. The Kier molecular flexibility index (Phi) is 5.51. The van der Waals surface area contributed by atoms with Gasteiger partial charge in [-0.25, -0.2) is 0 Å². The summed E-state index contributed by atoms with van der Waals surface area (Å²) in [4.78, 5) is 10.1. The molecule has 1 atom stereocenters. The van der Waals surface area contributed by atoms with Crippen LogP contribution in [0.4, 0.5) is 19.4 Å². The molecule has 0 saturated heterocycles. The van der Waals surface area contributed by atoms with Crippen LogP contribution in [0.15, 0.2) is 47.4 Å². The van der Waals surface area contributed by atoms with E-state index >= 15 is 0 Å². The Bertz CT molecular complexity index is 974. The molecule has 2 aromatic carbocycles. The van der Waals surface area contributed by atoms with Crippen LogP contribution >= 0.6 is 33.4 Å². The van der Waals surface area contributed by atoms with Crippen molar-refractivity contribution in [1.29, 1.82) is 5.26 Å². The van der Waals surface area contributed by atoms with Gasteiger partial charge < -0.3 is 10.1 Å². The van der Waals surface area contributed by atoms with Crippen molar-refractivity contribution in [2.45, 2.75) is 17.4 Å². The van der Waals surface area contributed by atoms with Gasteiger partial charge >= 0.3 is 10.2 Å². The van der Waals surface area contributed by atoms with Gasteiger partial charge in [-0.05, 0) is 43.3 Å². The minimum atomic E-state index is -9.84. The number of amides is 1. The number of hydrogen-bond donors (Lipinski definition) is 1. The normalized spacial score (nSPS) is 16.0. The summed E-state index contributed by atoms with van der Waals surface area (Å²) in [7, 11) is -9.84. The maximum atomic E-state index is 12.8. The topological polar surface area (TPSA) is 62.1 Å². The van der Waals surface area contributed by atoms with Crippen molar-refractivity contribution >= 4 is 39.3 Å². The first-order valence-corrected chi connectivity index (χ1v) is 10.4. The summed E-state index contributed by atoms with van der Waals surface area (Å²) in [5.41, 5.74) is -1.98. The lowest BCUT2D eigenvalue weighted by Crippen LogP contribution is -2.49. The van der Waals surface area contributed by atoms with E-state index in [1.165, 1.54) is 19.1 Å². The molecule has 12 heteroatoms. The third-order valence-electron chi connectivity index (χ3n) is 3.62. The second-order valence-corrected chi connectivity index (χ2v) is 9.45. The SMILES string of the molecule is CC(C#N)(COc1c(Cl)cccc1Cl)NC(=O)c1ccc(S(F)(F)(F)(F)F)cc1. The fourth-order valence-corrected chi connectivity index (χ4v) is 3.28. The highest BCUT2D eigenvalue weighted by atomic mass is 35.5. The third-order valence-corrected chi connectivity index (χ3v) is 5.38. The first kappa shape index (κ1) is 23.1. The van der Waals surface area contributed by atoms with E-state index in [2.05, 4.69) is 5.32 Å². The van der Waals surface area contributed by atoms with Gasteiger partial charge in [0.25, 0.3) is 5.91 Å². The molecular weight excluding hydrogens is 462 g/mol. The summed E-state index contributed by atoms with van der Waals surface area (Å²) in [6.45, 7) is 0.890. The van der Waals surface area contributed by atoms with Gasteiger partial charge in [0, 0.05) is 5.56 Å². The second-order valence-electron chi connectivity index (χ2n) is 6.23. The average molecular weight is 475 g/mol. The molecule has 0 aliphatic carbocycles. The number of halogens is 7. The molecule has 4 nitrogen and oxygen atoms in total. The van der Waals surface area contributed by atoms with Gasteiger partial charge in [0.05, 0.1) is 16.1 Å². The first-order valence-electron chi connectivity index (χ1n) is 7.69. The number of nitrogens with one attached hydrogen (secondary N) is 1. The fraction of sp³-hybridized carbons (Fsp3) is 0.176. The minimum absolute atomic E-state index is 0.0757. The summed E-state index contributed by atoms with van der Waals surface area (Å²) < 4.78 is 69.2. The van der Waals surface area contributed by atoms with Crippen LogP contribution in [0.5, 0.6) is 5.75 Å². The molecule has 0 aliphatic rings. The number of ether oxygens (including phenoxy) is 1. The van der Waals surface area contributed by atoms with Crippen molar-refractivity contribution < 1.29 is 29.0 Å². The van der Waals surface area contributed by atoms with Gasteiger partial charge in [-0.1, -0.05) is 48.7 Å². The predicted octanol–water partition coefficient (Wildman–Crippen LogP) is 6.74. The summed E-state index contributed by atoms with van der Waals surface area (Å²) in [5.74, 6) is -0.886. The molecule has 1 unspecified atom stereocenters. The zero-order valence-corrected chi connectivity index (χ0v) is 16.9. The smallest absolute Gasteiger partial charge is 0.310 e. The van der Waals surface area contributed by atoms with Crippen LogP contribution in [0.2, 0.25) is 10.0 Å². The zero-order valence-electron chi connectivity index (χ0n) is 14.6. The molecule has 158 valence electrons. The average Bonchev–Trinajstić information content (AvgIpc) is 2.59. The number of para-hydroxylation sites is 1.